The van der Waals surface area contributed by atoms with E-state index in [9.17, 15) is 4.79 Å². The van der Waals surface area contributed by atoms with Crippen molar-refractivity contribution in [3.05, 3.63) is 0 Å². The van der Waals surface area contributed by atoms with Crippen molar-refractivity contribution in [1.82, 2.24) is 5.32 Å². The lowest BCUT2D eigenvalue weighted by molar-refractivity contribution is -0.117. The van der Waals surface area contributed by atoms with E-state index < -0.39 is 0 Å². The van der Waals surface area contributed by atoms with Crippen LogP contribution < -0.4 is 11.1 Å². The summed E-state index contributed by atoms with van der Waals surface area (Å²) in [7, 11) is 0. The summed E-state index contributed by atoms with van der Waals surface area (Å²) >= 11 is 0. The van der Waals surface area contributed by atoms with E-state index in [2.05, 4.69) is 5.32 Å². The second-order valence-corrected chi connectivity index (χ2v) is 4.45. The monoisotopic (exact) mass is 182 g/mol. The third kappa shape index (κ3) is 2.02. The standard InChI is InChI=1S/C10H18N2O/c11-10(13)3-4-12-9-6-7-1-2-8(9)5-7/h7-9,12H,1-6H2,(H2,11,13). The lowest BCUT2D eigenvalue weighted by Gasteiger charge is -2.22. The fourth-order valence-corrected chi connectivity index (χ4v) is 2.88. The minimum absolute atomic E-state index is 0.198. The first-order chi connectivity index (χ1) is 6.25. The van der Waals surface area contributed by atoms with E-state index in [1.807, 2.05) is 0 Å². The predicted molar refractivity (Wildman–Crippen MR) is 51.1 cm³/mol. The second kappa shape index (κ2) is 3.66. The van der Waals surface area contributed by atoms with Crippen LogP contribution in [0.1, 0.15) is 32.1 Å². The molecule has 2 rings (SSSR count). The average Bonchev–Trinajstić information content (AvgIpc) is 2.64. The lowest BCUT2D eigenvalue weighted by Crippen LogP contribution is -2.35. The highest BCUT2D eigenvalue weighted by atomic mass is 16.1. The van der Waals surface area contributed by atoms with Crippen molar-refractivity contribution in [1.29, 1.82) is 0 Å². The van der Waals surface area contributed by atoms with Gasteiger partial charge in [0.05, 0.1) is 0 Å². The number of hydrogen-bond acceptors (Lipinski definition) is 2. The zero-order chi connectivity index (χ0) is 9.26. The van der Waals surface area contributed by atoms with Crippen molar-refractivity contribution in [3.63, 3.8) is 0 Å². The first kappa shape index (κ1) is 9.00. The first-order valence-electron chi connectivity index (χ1n) is 5.27. The second-order valence-electron chi connectivity index (χ2n) is 4.45. The minimum Gasteiger partial charge on any atom is -0.370 e. The molecule has 1 amide bonds. The summed E-state index contributed by atoms with van der Waals surface area (Å²) in [6, 6.07) is 0.679. The molecule has 3 N–H and O–H groups in total. The van der Waals surface area contributed by atoms with Gasteiger partial charge in [-0.3, -0.25) is 4.79 Å². The molecule has 0 radical (unpaired) electrons. The van der Waals surface area contributed by atoms with Crippen LogP contribution in [0.25, 0.3) is 0 Å². The number of amides is 1. The summed E-state index contributed by atoms with van der Waals surface area (Å²) in [6.45, 7) is 0.767. The topological polar surface area (TPSA) is 55.1 Å². The van der Waals surface area contributed by atoms with Crippen LogP contribution >= 0.6 is 0 Å². The Bertz CT molecular complexity index is 205. The maximum absolute atomic E-state index is 10.5. The van der Waals surface area contributed by atoms with Crippen molar-refractivity contribution >= 4 is 5.91 Å². The number of primary amides is 1. The SMILES string of the molecule is NC(=O)CCNC1CC2CCC1C2. The summed E-state index contributed by atoms with van der Waals surface area (Å²) in [5.74, 6) is 1.66. The Morgan fingerprint density at radius 3 is 2.77 bits per heavy atom. The minimum atomic E-state index is -0.198. The molecule has 0 spiro atoms. The molecule has 0 aromatic heterocycles. The van der Waals surface area contributed by atoms with E-state index >= 15 is 0 Å². The van der Waals surface area contributed by atoms with Gasteiger partial charge in [0.25, 0.3) is 0 Å². The molecule has 0 aromatic carbocycles. The van der Waals surface area contributed by atoms with Gasteiger partial charge < -0.3 is 11.1 Å². The molecular weight excluding hydrogens is 164 g/mol. The lowest BCUT2D eigenvalue weighted by atomic mass is 9.95. The quantitative estimate of drug-likeness (QED) is 0.670. The molecule has 13 heavy (non-hydrogen) atoms. The van der Waals surface area contributed by atoms with Gasteiger partial charge >= 0.3 is 0 Å². The molecule has 74 valence electrons. The number of hydrogen-bond donors (Lipinski definition) is 2. The van der Waals surface area contributed by atoms with Crippen LogP contribution in [0.4, 0.5) is 0 Å². The summed E-state index contributed by atoms with van der Waals surface area (Å²) in [4.78, 5) is 10.5. The smallest absolute Gasteiger partial charge is 0.218 e. The van der Waals surface area contributed by atoms with Crippen molar-refractivity contribution in [2.75, 3.05) is 6.54 Å². The molecule has 0 aliphatic heterocycles. The van der Waals surface area contributed by atoms with Gasteiger partial charge in [-0.25, -0.2) is 0 Å². The predicted octanol–water partition coefficient (Wildman–Crippen LogP) is 0.640. The van der Waals surface area contributed by atoms with E-state index in [1.54, 1.807) is 0 Å². The van der Waals surface area contributed by atoms with Gasteiger partial charge in [-0.1, -0.05) is 6.42 Å². The summed E-state index contributed by atoms with van der Waals surface area (Å²) < 4.78 is 0. The van der Waals surface area contributed by atoms with E-state index in [1.165, 1.54) is 25.7 Å². The average molecular weight is 182 g/mol. The number of carbonyl (C=O) groups excluding carboxylic acids is 1. The molecular formula is C10H18N2O. The van der Waals surface area contributed by atoms with Crippen LogP contribution in [-0.4, -0.2) is 18.5 Å². The van der Waals surface area contributed by atoms with Gasteiger partial charge in [-0.2, -0.15) is 0 Å². The van der Waals surface area contributed by atoms with Gasteiger partial charge in [0.15, 0.2) is 0 Å². The summed E-state index contributed by atoms with van der Waals surface area (Å²) in [6.07, 6.45) is 6.03. The number of nitrogens with one attached hydrogen (secondary N) is 1. The molecule has 2 aliphatic carbocycles. The zero-order valence-corrected chi connectivity index (χ0v) is 7.96. The molecule has 3 heteroatoms. The number of fused-ring (bicyclic) bond motifs is 2. The van der Waals surface area contributed by atoms with E-state index in [0.717, 1.165) is 18.4 Å². The molecule has 0 saturated heterocycles. The highest BCUT2D eigenvalue weighted by Gasteiger charge is 2.38. The Kier molecular flexibility index (Phi) is 2.54. The molecule has 0 aromatic rings. The van der Waals surface area contributed by atoms with Gasteiger partial charge in [0.2, 0.25) is 5.91 Å². The van der Waals surface area contributed by atoms with Crippen molar-refractivity contribution < 1.29 is 4.79 Å². The number of rotatable bonds is 4. The van der Waals surface area contributed by atoms with Gasteiger partial charge in [-0.05, 0) is 31.1 Å². The highest BCUT2D eigenvalue weighted by molar-refractivity contribution is 5.73. The summed E-state index contributed by atoms with van der Waals surface area (Å²) in [5.41, 5.74) is 5.07. The van der Waals surface area contributed by atoms with Crippen LogP contribution in [0.5, 0.6) is 0 Å². The Morgan fingerprint density at radius 2 is 2.23 bits per heavy atom. The molecule has 3 unspecified atom stereocenters. The highest BCUT2D eigenvalue weighted by Crippen LogP contribution is 2.44. The number of carbonyl (C=O) groups is 1. The third-order valence-electron chi connectivity index (χ3n) is 3.52. The zero-order valence-electron chi connectivity index (χ0n) is 7.96. The Labute approximate surface area is 79.1 Å². The number of nitrogens with two attached hydrogens (primary N) is 1. The van der Waals surface area contributed by atoms with E-state index in [0.29, 0.717) is 12.5 Å². The van der Waals surface area contributed by atoms with Crippen LogP contribution in [0.15, 0.2) is 0 Å². The normalized spacial score (nSPS) is 36.8. The Hall–Kier alpha value is -0.570. The fourth-order valence-electron chi connectivity index (χ4n) is 2.88. The van der Waals surface area contributed by atoms with Gasteiger partial charge in [0.1, 0.15) is 0 Å². The first-order valence-corrected chi connectivity index (χ1v) is 5.27. The largest absolute Gasteiger partial charge is 0.370 e. The van der Waals surface area contributed by atoms with Crippen LogP contribution in [0, 0.1) is 11.8 Å². The molecule has 2 bridgehead atoms. The summed E-state index contributed by atoms with van der Waals surface area (Å²) in [5, 5.41) is 3.44. The van der Waals surface area contributed by atoms with Crippen molar-refractivity contribution in [2.24, 2.45) is 17.6 Å². The molecule has 2 fully saturated rings. The molecule has 2 saturated carbocycles. The van der Waals surface area contributed by atoms with Crippen LogP contribution in [-0.2, 0) is 4.79 Å². The molecule has 3 atom stereocenters. The van der Waals surface area contributed by atoms with Crippen molar-refractivity contribution in [3.8, 4) is 0 Å². The van der Waals surface area contributed by atoms with Gasteiger partial charge in [-0.15, -0.1) is 0 Å². The fraction of sp³-hybridized carbons (Fsp3) is 0.900. The van der Waals surface area contributed by atoms with E-state index in [4.69, 9.17) is 5.73 Å². The molecule has 3 nitrogen and oxygen atoms in total. The van der Waals surface area contributed by atoms with Crippen molar-refractivity contribution in [2.45, 2.75) is 38.1 Å². The maximum atomic E-state index is 10.5. The Morgan fingerprint density at radius 1 is 1.38 bits per heavy atom. The molecule has 0 heterocycles. The van der Waals surface area contributed by atoms with Crippen LogP contribution in [0.3, 0.4) is 0 Å². The third-order valence-corrected chi connectivity index (χ3v) is 3.52. The van der Waals surface area contributed by atoms with Gasteiger partial charge in [0, 0.05) is 19.0 Å². The maximum Gasteiger partial charge on any atom is 0.218 e. The van der Waals surface area contributed by atoms with E-state index in [-0.39, 0.29) is 5.91 Å². The molecule has 2 aliphatic rings. The Balaban J connectivity index is 1.68. The van der Waals surface area contributed by atoms with Crippen LogP contribution in [0.2, 0.25) is 0 Å².